The van der Waals surface area contributed by atoms with Crippen LogP contribution in [0.3, 0.4) is 0 Å². The highest BCUT2D eigenvalue weighted by molar-refractivity contribution is 5.61. The summed E-state index contributed by atoms with van der Waals surface area (Å²) in [7, 11) is 2.13. The number of hydrogen-bond acceptors (Lipinski definition) is 4. The van der Waals surface area contributed by atoms with E-state index >= 15 is 0 Å². The Kier molecular flexibility index (Phi) is 2.36. The van der Waals surface area contributed by atoms with Gasteiger partial charge in [0.25, 0.3) is 0 Å². The molecule has 0 amide bonds. The molecule has 0 atom stereocenters. The molecule has 0 saturated heterocycles. The molecule has 0 saturated carbocycles. The molecule has 86 valence electrons. The van der Waals surface area contributed by atoms with E-state index in [1.54, 1.807) is 0 Å². The van der Waals surface area contributed by atoms with Gasteiger partial charge in [-0.3, -0.25) is 0 Å². The molecule has 4 heteroatoms. The molecule has 1 N–H and O–H groups in total. The Hall–Kier alpha value is -1.42. The van der Waals surface area contributed by atoms with Crippen LogP contribution in [-0.4, -0.2) is 38.3 Å². The molecule has 0 aromatic heterocycles. The van der Waals surface area contributed by atoms with Crippen LogP contribution in [0.25, 0.3) is 0 Å². The Balaban J connectivity index is 2.01. The summed E-state index contributed by atoms with van der Waals surface area (Å²) in [6, 6.07) is 4.15. The molecule has 2 heterocycles. The van der Waals surface area contributed by atoms with E-state index in [1.165, 1.54) is 11.3 Å². The predicted octanol–water partition coefficient (Wildman–Crippen LogP) is 1.32. The second kappa shape index (κ2) is 3.87. The number of hydrogen-bond donors (Lipinski definition) is 1. The molecule has 2 aliphatic heterocycles. The Morgan fingerprint density at radius 2 is 1.94 bits per heavy atom. The molecule has 1 aromatic carbocycles. The zero-order valence-corrected chi connectivity index (χ0v) is 9.45. The summed E-state index contributed by atoms with van der Waals surface area (Å²) in [5, 5.41) is 3.43. The van der Waals surface area contributed by atoms with Gasteiger partial charge < -0.3 is 19.7 Å². The van der Waals surface area contributed by atoms with Gasteiger partial charge in [-0.1, -0.05) is 0 Å². The molecular formula is C12H16N2O2. The number of benzene rings is 1. The van der Waals surface area contributed by atoms with Crippen molar-refractivity contribution >= 4 is 5.69 Å². The van der Waals surface area contributed by atoms with Crippen molar-refractivity contribution in [3.8, 4) is 11.5 Å². The molecule has 0 aliphatic carbocycles. The third kappa shape index (κ3) is 1.69. The van der Waals surface area contributed by atoms with Gasteiger partial charge in [-0.2, -0.15) is 0 Å². The summed E-state index contributed by atoms with van der Waals surface area (Å²) >= 11 is 0. The van der Waals surface area contributed by atoms with Gasteiger partial charge in [0.05, 0.1) is 0 Å². The normalized spacial score (nSPS) is 19.6. The van der Waals surface area contributed by atoms with Crippen LogP contribution >= 0.6 is 0 Å². The van der Waals surface area contributed by atoms with E-state index in [0.717, 1.165) is 31.1 Å². The van der Waals surface area contributed by atoms with Crippen LogP contribution in [0.1, 0.15) is 5.56 Å². The van der Waals surface area contributed by atoms with Crippen molar-refractivity contribution < 1.29 is 9.47 Å². The quantitative estimate of drug-likeness (QED) is 0.715. The van der Waals surface area contributed by atoms with Crippen molar-refractivity contribution in [1.82, 2.24) is 4.90 Å². The molecule has 0 fully saturated rings. The number of nitrogens with one attached hydrogen (secondary N) is 1. The smallest absolute Gasteiger partial charge is 0.163 e. The molecular weight excluding hydrogens is 204 g/mol. The van der Waals surface area contributed by atoms with Gasteiger partial charge >= 0.3 is 0 Å². The minimum absolute atomic E-state index is 0.645. The number of rotatable bonds is 0. The van der Waals surface area contributed by atoms with Gasteiger partial charge in [-0.15, -0.1) is 0 Å². The van der Waals surface area contributed by atoms with E-state index in [2.05, 4.69) is 29.4 Å². The number of nitrogens with zero attached hydrogens (tertiary/aromatic N) is 1. The number of ether oxygens (including phenoxy) is 2. The highest BCUT2D eigenvalue weighted by Gasteiger charge is 2.18. The standard InChI is InChI=1S/C12H16N2O2/c1-14-3-2-13-10-7-12-11(6-9(10)8-14)15-4-5-16-12/h6-7,13H,2-5,8H2,1H3. The van der Waals surface area contributed by atoms with Crippen LogP contribution in [0, 0.1) is 0 Å². The lowest BCUT2D eigenvalue weighted by Gasteiger charge is -2.21. The Morgan fingerprint density at radius 1 is 1.19 bits per heavy atom. The van der Waals surface area contributed by atoms with Gasteiger partial charge in [-0.05, 0) is 18.7 Å². The van der Waals surface area contributed by atoms with Gasteiger partial charge in [0.2, 0.25) is 0 Å². The highest BCUT2D eigenvalue weighted by atomic mass is 16.6. The van der Waals surface area contributed by atoms with Crippen LogP contribution in [-0.2, 0) is 6.54 Å². The maximum absolute atomic E-state index is 5.59. The molecule has 2 aliphatic rings. The first-order valence-corrected chi connectivity index (χ1v) is 5.68. The third-order valence-electron chi connectivity index (χ3n) is 3.02. The van der Waals surface area contributed by atoms with E-state index in [9.17, 15) is 0 Å². The molecule has 3 rings (SSSR count). The van der Waals surface area contributed by atoms with E-state index in [0.29, 0.717) is 13.2 Å². The number of fused-ring (bicyclic) bond motifs is 2. The minimum Gasteiger partial charge on any atom is -0.486 e. The molecule has 0 spiro atoms. The topological polar surface area (TPSA) is 33.7 Å². The third-order valence-corrected chi connectivity index (χ3v) is 3.02. The van der Waals surface area contributed by atoms with Gasteiger partial charge in [0.1, 0.15) is 13.2 Å². The van der Waals surface area contributed by atoms with Gasteiger partial charge in [0, 0.05) is 31.4 Å². The SMILES string of the molecule is CN1CCNc2cc3c(cc2C1)OCCO3. The summed E-state index contributed by atoms with van der Waals surface area (Å²) in [5.74, 6) is 1.74. The first-order chi connectivity index (χ1) is 7.83. The van der Waals surface area contributed by atoms with Crippen molar-refractivity contribution in [2.75, 3.05) is 38.7 Å². The summed E-state index contributed by atoms with van der Waals surface area (Å²) in [6.07, 6.45) is 0. The first-order valence-electron chi connectivity index (χ1n) is 5.68. The number of likely N-dealkylation sites (N-methyl/N-ethyl adjacent to an activating group) is 1. The molecule has 16 heavy (non-hydrogen) atoms. The molecule has 0 bridgehead atoms. The van der Waals surface area contributed by atoms with Crippen LogP contribution < -0.4 is 14.8 Å². The first kappa shape index (κ1) is 9.78. The Bertz CT molecular complexity index is 406. The fourth-order valence-electron chi connectivity index (χ4n) is 2.18. The maximum atomic E-state index is 5.59. The number of anilines is 1. The molecule has 4 nitrogen and oxygen atoms in total. The van der Waals surface area contributed by atoms with Crippen molar-refractivity contribution in [2.24, 2.45) is 0 Å². The van der Waals surface area contributed by atoms with E-state index in [4.69, 9.17) is 9.47 Å². The van der Waals surface area contributed by atoms with Gasteiger partial charge in [0.15, 0.2) is 11.5 Å². The lowest BCUT2D eigenvalue weighted by atomic mass is 10.1. The second-order valence-electron chi connectivity index (χ2n) is 4.32. The van der Waals surface area contributed by atoms with Crippen molar-refractivity contribution in [2.45, 2.75) is 6.54 Å². The van der Waals surface area contributed by atoms with Crippen LogP contribution in [0.15, 0.2) is 12.1 Å². The van der Waals surface area contributed by atoms with Gasteiger partial charge in [-0.25, -0.2) is 0 Å². The Labute approximate surface area is 95.1 Å². The van der Waals surface area contributed by atoms with Crippen molar-refractivity contribution in [3.63, 3.8) is 0 Å². The van der Waals surface area contributed by atoms with Crippen LogP contribution in [0.4, 0.5) is 5.69 Å². The predicted molar refractivity (Wildman–Crippen MR) is 62.3 cm³/mol. The average Bonchev–Trinajstić information content (AvgIpc) is 2.46. The average molecular weight is 220 g/mol. The lowest BCUT2D eigenvalue weighted by molar-refractivity contribution is 0.171. The summed E-state index contributed by atoms with van der Waals surface area (Å²) in [4.78, 5) is 2.30. The second-order valence-corrected chi connectivity index (χ2v) is 4.32. The fourth-order valence-corrected chi connectivity index (χ4v) is 2.18. The molecule has 0 unspecified atom stereocenters. The summed E-state index contributed by atoms with van der Waals surface area (Å²) in [6.45, 7) is 4.28. The largest absolute Gasteiger partial charge is 0.486 e. The Morgan fingerprint density at radius 3 is 2.75 bits per heavy atom. The molecule has 0 radical (unpaired) electrons. The van der Waals surface area contributed by atoms with Crippen molar-refractivity contribution in [3.05, 3.63) is 17.7 Å². The van der Waals surface area contributed by atoms with E-state index in [1.807, 2.05) is 0 Å². The van der Waals surface area contributed by atoms with E-state index in [-0.39, 0.29) is 0 Å². The maximum Gasteiger partial charge on any atom is 0.163 e. The molecule has 1 aromatic rings. The van der Waals surface area contributed by atoms with Crippen molar-refractivity contribution in [1.29, 1.82) is 0 Å². The van der Waals surface area contributed by atoms with Crippen LogP contribution in [0.5, 0.6) is 11.5 Å². The summed E-state index contributed by atoms with van der Waals surface area (Å²) in [5.41, 5.74) is 2.46. The monoisotopic (exact) mass is 220 g/mol. The zero-order chi connectivity index (χ0) is 11.0. The minimum atomic E-state index is 0.645. The van der Waals surface area contributed by atoms with E-state index < -0.39 is 0 Å². The summed E-state index contributed by atoms with van der Waals surface area (Å²) < 4.78 is 11.2. The lowest BCUT2D eigenvalue weighted by Crippen LogP contribution is -2.20. The highest BCUT2D eigenvalue weighted by Crippen LogP contribution is 2.36. The van der Waals surface area contributed by atoms with Crippen LogP contribution in [0.2, 0.25) is 0 Å². The fraction of sp³-hybridized carbons (Fsp3) is 0.500. The zero-order valence-electron chi connectivity index (χ0n) is 9.45.